The van der Waals surface area contributed by atoms with Gasteiger partial charge in [0.1, 0.15) is 19.0 Å². The maximum atomic E-state index is 14.7. The van der Waals surface area contributed by atoms with Crippen LogP contribution in [0.2, 0.25) is 0 Å². The first kappa shape index (κ1) is 28.5. The minimum absolute atomic E-state index is 0.106. The van der Waals surface area contributed by atoms with Crippen molar-refractivity contribution in [3.05, 3.63) is 94.8 Å². The van der Waals surface area contributed by atoms with Gasteiger partial charge in [-0.25, -0.2) is 9.18 Å². The van der Waals surface area contributed by atoms with E-state index < -0.39 is 67.5 Å². The molecule has 202 valence electrons. The smallest absolute Gasteiger partial charge is 0.416 e. The van der Waals surface area contributed by atoms with Gasteiger partial charge in [0, 0.05) is 5.56 Å². The fourth-order valence-corrected chi connectivity index (χ4v) is 3.64. The summed E-state index contributed by atoms with van der Waals surface area (Å²) in [6.07, 6.45) is -11.8. The average molecular weight is 543 g/mol. The van der Waals surface area contributed by atoms with Gasteiger partial charge in [0.05, 0.1) is 18.5 Å². The van der Waals surface area contributed by atoms with Crippen LogP contribution in [-0.2, 0) is 35.3 Å². The van der Waals surface area contributed by atoms with Crippen LogP contribution in [0.4, 0.5) is 35.5 Å². The maximum absolute atomic E-state index is 14.7. The van der Waals surface area contributed by atoms with Gasteiger partial charge < -0.3 is 9.84 Å². The van der Waals surface area contributed by atoms with E-state index in [4.69, 9.17) is 9.84 Å². The second-order valence-corrected chi connectivity index (χ2v) is 8.27. The Morgan fingerprint density at radius 1 is 0.842 bits per heavy atom. The number of carbonyl (C=O) groups is 2. The molecule has 3 rings (SSSR count). The molecule has 0 radical (unpaired) electrons. The molecular weight excluding hydrogens is 523 g/mol. The lowest BCUT2D eigenvalue weighted by molar-refractivity contribution is -0.144. The Kier molecular flexibility index (Phi) is 8.64. The molecule has 1 N–H and O–H groups in total. The molecule has 0 unspecified atom stereocenters. The van der Waals surface area contributed by atoms with Crippen molar-refractivity contribution in [3.8, 4) is 11.1 Å². The SMILES string of the molecule is O=C(O)Cc1ccc(F)c(-c2ccc(C(F)(F)F)cc2CN(CC(F)(F)F)C(=O)OCc2ccccc2)c1. The summed E-state index contributed by atoms with van der Waals surface area (Å²) < 4.78 is 100.0. The Labute approximate surface area is 212 Å². The first-order valence-electron chi connectivity index (χ1n) is 11.0. The molecule has 5 nitrogen and oxygen atoms in total. The highest BCUT2D eigenvalue weighted by Crippen LogP contribution is 2.35. The summed E-state index contributed by atoms with van der Waals surface area (Å²) in [5, 5.41) is 9.02. The topological polar surface area (TPSA) is 66.8 Å². The van der Waals surface area contributed by atoms with Crippen molar-refractivity contribution in [1.29, 1.82) is 0 Å². The molecule has 3 aromatic carbocycles. The van der Waals surface area contributed by atoms with E-state index in [1.165, 1.54) is 0 Å². The average Bonchev–Trinajstić information content (AvgIpc) is 2.82. The van der Waals surface area contributed by atoms with Crippen molar-refractivity contribution in [1.82, 2.24) is 4.90 Å². The molecule has 0 spiro atoms. The van der Waals surface area contributed by atoms with Crippen molar-refractivity contribution >= 4 is 12.1 Å². The molecule has 0 aromatic heterocycles. The standard InChI is InChI=1S/C26H20F7NO4/c27-22-9-6-17(11-23(35)36)10-21(22)20-8-7-19(26(31,32)33)12-18(20)13-34(15-25(28,29)30)24(37)38-14-16-4-2-1-3-5-16/h1-10,12H,11,13-15H2,(H,35,36). The predicted octanol–water partition coefficient (Wildman–Crippen LogP) is 6.84. The lowest BCUT2D eigenvalue weighted by Gasteiger charge is -2.25. The largest absolute Gasteiger partial charge is 0.481 e. The molecule has 0 aliphatic carbocycles. The highest BCUT2D eigenvalue weighted by Gasteiger charge is 2.36. The van der Waals surface area contributed by atoms with Crippen LogP contribution in [0.5, 0.6) is 0 Å². The number of aliphatic carboxylic acids is 1. The van der Waals surface area contributed by atoms with Crippen LogP contribution in [-0.4, -0.2) is 34.8 Å². The number of carbonyl (C=O) groups excluding carboxylic acids is 1. The number of amides is 1. The summed E-state index contributed by atoms with van der Waals surface area (Å²) in [4.78, 5) is 23.8. The summed E-state index contributed by atoms with van der Waals surface area (Å²) in [6.45, 7) is -3.25. The molecule has 0 heterocycles. The molecule has 38 heavy (non-hydrogen) atoms. The van der Waals surface area contributed by atoms with Crippen LogP contribution in [0.3, 0.4) is 0 Å². The van der Waals surface area contributed by atoms with Crippen molar-refractivity contribution < 1.29 is 50.2 Å². The highest BCUT2D eigenvalue weighted by atomic mass is 19.4. The molecule has 0 saturated heterocycles. The summed E-state index contributed by atoms with van der Waals surface area (Å²) in [5.41, 5.74) is -1.70. The molecule has 0 aliphatic heterocycles. The Balaban J connectivity index is 2.04. The van der Waals surface area contributed by atoms with Gasteiger partial charge >= 0.3 is 24.4 Å². The molecule has 1 amide bonds. The van der Waals surface area contributed by atoms with Crippen molar-refractivity contribution in [2.75, 3.05) is 6.54 Å². The molecule has 0 bridgehead atoms. The van der Waals surface area contributed by atoms with E-state index in [2.05, 4.69) is 0 Å². The Bertz CT molecular complexity index is 1290. The lowest BCUT2D eigenvalue weighted by Crippen LogP contribution is -2.39. The van der Waals surface area contributed by atoms with Crippen LogP contribution >= 0.6 is 0 Å². The third-order valence-corrected chi connectivity index (χ3v) is 5.30. The predicted molar refractivity (Wildman–Crippen MR) is 121 cm³/mol. The zero-order valence-corrected chi connectivity index (χ0v) is 19.4. The summed E-state index contributed by atoms with van der Waals surface area (Å²) in [5.74, 6) is -2.21. The number of halogens is 7. The number of ether oxygens (including phenoxy) is 1. The summed E-state index contributed by atoms with van der Waals surface area (Å²) in [7, 11) is 0. The van der Waals surface area contributed by atoms with Gasteiger partial charge in [0.2, 0.25) is 0 Å². The van der Waals surface area contributed by atoms with Crippen LogP contribution in [0.25, 0.3) is 11.1 Å². The number of rotatable bonds is 8. The molecule has 3 aromatic rings. The van der Waals surface area contributed by atoms with Crippen molar-refractivity contribution in [2.24, 2.45) is 0 Å². The quantitative estimate of drug-likeness (QED) is 0.316. The first-order chi connectivity index (χ1) is 17.7. The minimum atomic E-state index is -4.93. The van der Waals surface area contributed by atoms with E-state index in [-0.39, 0.29) is 21.6 Å². The molecule has 0 saturated carbocycles. The van der Waals surface area contributed by atoms with Crippen LogP contribution in [0.15, 0.2) is 66.7 Å². The summed E-state index contributed by atoms with van der Waals surface area (Å²) in [6, 6.07) is 13.1. The number of benzene rings is 3. The highest BCUT2D eigenvalue weighted by molar-refractivity contribution is 5.74. The number of carboxylic acids is 1. The Morgan fingerprint density at radius 2 is 1.53 bits per heavy atom. The first-order valence-corrected chi connectivity index (χ1v) is 11.0. The number of carboxylic acid groups (broad SMARTS) is 1. The summed E-state index contributed by atoms with van der Waals surface area (Å²) >= 11 is 0. The van der Waals surface area contributed by atoms with Gasteiger partial charge in [-0.3, -0.25) is 9.69 Å². The minimum Gasteiger partial charge on any atom is -0.481 e. The lowest BCUT2D eigenvalue weighted by atomic mass is 9.94. The fraction of sp³-hybridized carbons (Fsp3) is 0.231. The van der Waals surface area contributed by atoms with Crippen LogP contribution in [0, 0.1) is 5.82 Å². The normalized spacial score (nSPS) is 11.8. The van der Waals surface area contributed by atoms with Gasteiger partial charge in [0.15, 0.2) is 0 Å². The van der Waals surface area contributed by atoms with E-state index in [9.17, 15) is 40.3 Å². The zero-order chi connectivity index (χ0) is 28.1. The maximum Gasteiger partial charge on any atom is 0.416 e. The molecule has 0 fully saturated rings. The Hall–Kier alpha value is -4.09. The third-order valence-electron chi connectivity index (χ3n) is 5.30. The van der Waals surface area contributed by atoms with Crippen molar-refractivity contribution in [2.45, 2.75) is 31.9 Å². The van der Waals surface area contributed by atoms with E-state index in [0.29, 0.717) is 17.7 Å². The second-order valence-electron chi connectivity index (χ2n) is 8.27. The Morgan fingerprint density at radius 3 is 2.13 bits per heavy atom. The number of hydrogen-bond donors (Lipinski definition) is 1. The van der Waals surface area contributed by atoms with E-state index in [1.54, 1.807) is 30.3 Å². The molecular formula is C26H20F7NO4. The fourth-order valence-electron chi connectivity index (χ4n) is 3.64. The second kappa shape index (κ2) is 11.5. The number of nitrogens with zero attached hydrogens (tertiary/aromatic N) is 1. The molecule has 0 atom stereocenters. The number of alkyl halides is 6. The van der Waals surface area contributed by atoms with Gasteiger partial charge in [-0.2, -0.15) is 26.3 Å². The zero-order valence-electron chi connectivity index (χ0n) is 19.4. The van der Waals surface area contributed by atoms with Gasteiger partial charge in [-0.05, 0) is 46.5 Å². The van der Waals surface area contributed by atoms with Gasteiger partial charge in [-0.15, -0.1) is 0 Å². The third kappa shape index (κ3) is 7.95. The molecule has 0 aliphatic rings. The van der Waals surface area contributed by atoms with Crippen LogP contribution < -0.4 is 0 Å². The monoisotopic (exact) mass is 543 g/mol. The van der Waals surface area contributed by atoms with Crippen LogP contribution in [0.1, 0.15) is 22.3 Å². The molecule has 12 heteroatoms. The van der Waals surface area contributed by atoms with E-state index in [0.717, 1.165) is 24.3 Å². The van der Waals surface area contributed by atoms with E-state index >= 15 is 0 Å². The van der Waals surface area contributed by atoms with Gasteiger partial charge in [-0.1, -0.05) is 42.5 Å². The van der Waals surface area contributed by atoms with Crippen molar-refractivity contribution in [3.63, 3.8) is 0 Å². The van der Waals surface area contributed by atoms with Gasteiger partial charge in [0.25, 0.3) is 0 Å². The van der Waals surface area contributed by atoms with E-state index in [1.807, 2.05) is 0 Å². The number of hydrogen-bond acceptors (Lipinski definition) is 3.